The van der Waals surface area contributed by atoms with Gasteiger partial charge in [-0.2, -0.15) is 12.2 Å². The van der Waals surface area contributed by atoms with Gasteiger partial charge in [0.25, 0.3) is 0 Å². The van der Waals surface area contributed by atoms with Crippen molar-refractivity contribution in [1.82, 2.24) is 0 Å². The Morgan fingerprint density at radius 2 is 1.04 bits per heavy atom. The number of hydrogen-bond acceptors (Lipinski definition) is 0. The van der Waals surface area contributed by atoms with Gasteiger partial charge in [-0.3, -0.25) is 12.2 Å². The summed E-state index contributed by atoms with van der Waals surface area (Å²) in [5, 5.41) is 3.12. The van der Waals surface area contributed by atoms with Gasteiger partial charge in [0, 0.05) is 0 Å². The molecule has 5 heteroatoms. The number of allylic oxidation sites excluding steroid dienone is 8. The van der Waals surface area contributed by atoms with E-state index in [0.29, 0.717) is 0 Å². The van der Waals surface area contributed by atoms with Crippen LogP contribution in [0.2, 0.25) is 39.3 Å². The van der Waals surface area contributed by atoms with Crippen molar-refractivity contribution in [2.75, 3.05) is 0 Å². The average Bonchev–Trinajstić information content (AvgIpc) is 3.02. The molecule has 2 aliphatic carbocycles. The Bertz CT molecular complexity index is 446. The van der Waals surface area contributed by atoms with Crippen LogP contribution >= 0.6 is 24.8 Å². The van der Waals surface area contributed by atoms with Gasteiger partial charge in [-0.15, -0.1) is 37.7 Å². The fourth-order valence-electron chi connectivity index (χ4n) is 1.84. The smallest absolute Gasteiger partial charge is 0.0114 e. The average molecular weight is 437 g/mol. The first kappa shape index (κ1) is 29.3. The van der Waals surface area contributed by atoms with Crippen LogP contribution in [0.4, 0.5) is 0 Å². The van der Waals surface area contributed by atoms with E-state index in [1.54, 1.807) is 10.4 Å². The van der Waals surface area contributed by atoms with Crippen LogP contribution in [0.1, 0.15) is 26.7 Å². The molecule has 0 N–H and O–H groups in total. The molecular formula is C19H34Cl2Si2Ti. The molecule has 0 fully saturated rings. The zero-order valence-corrected chi connectivity index (χ0v) is 21.7. The fraction of sp³-hybridized carbons (Fsp3) is 0.526. The first-order chi connectivity index (χ1) is 9.94. The summed E-state index contributed by atoms with van der Waals surface area (Å²) in [6.07, 6.45) is 17.4. The van der Waals surface area contributed by atoms with Gasteiger partial charge in [-0.05, 0) is 16.1 Å². The monoisotopic (exact) mass is 436 g/mol. The van der Waals surface area contributed by atoms with Crippen LogP contribution in [-0.4, -0.2) is 20.0 Å². The van der Waals surface area contributed by atoms with Crippen LogP contribution in [0.3, 0.4) is 0 Å². The van der Waals surface area contributed by atoms with E-state index in [1.807, 2.05) is 0 Å². The minimum absolute atomic E-state index is 0. The second-order valence-electron chi connectivity index (χ2n) is 7.92. The maximum Gasteiger partial charge on any atom is -0.0114 e. The maximum absolute atomic E-state index is 3.20. The van der Waals surface area contributed by atoms with Gasteiger partial charge in [0.05, 0.1) is 0 Å². The molecule has 0 saturated heterocycles. The van der Waals surface area contributed by atoms with Gasteiger partial charge in [0.15, 0.2) is 0 Å². The van der Waals surface area contributed by atoms with Crippen molar-refractivity contribution in [1.29, 1.82) is 0 Å². The number of rotatable bonds is 2. The molecule has 0 aromatic carbocycles. The van der Waals surface area contributed by atoms with Crippen LogP contribution in [0.15, 0.2) is 34.7 Å². The topological polar surface area (TPSA) is 0 Å². The molecular weight excluding hydrogens is 403 g/mol. The number of hydrogen-bond donors (Lipinski definition) is 0. The first-order valence-corrected chi connectivity index (χ1v) is 15.8. The van der Waals surface area contributed by atoms with Crippen LogP contribution < -0.4 is 0 Å². The minimum atomic E-state index is -0.981. The summed E-state index contributed by atoms with van der Waals surface area (Å²) in [6.45, 7) is 18.3. The second kappa shape index (κ2) is 13.7. The van der Waals surface area contributed by atoms with Gasteiger partial charge in [0.2, 0.25) is 0 Å². The zero-order valence-electron chi connectivity index (χ0n) is 16.5. The summed E-state index contributed by atoms with van der Waals surface area (Å²) in [6, 6.07) is 0. The van der Waals surface area contributed by atoms with Crippen LogP contribution in [0.25, 0.3) is 0 Å². The first-order valence-electron chi connectivity index (χ1n) is 8.01. The normalized spacial score (nSPS) is 14.9. The third-order valence-corrected chi connectivity index (χ3v) is 7.29. The number of halogens is 2. The Balaban J connectivity index is -0.000000283. The molecule has 0 aromatic heterocycles. The maximum atomic E-state index is 3.20. The molecule has 0 aromatic rings. The van der Waals surface area contributed by atoms with E-state index in [-0.39, 0.29) is 24.8 Å². The fourth-order valence-corrected chi connectivity index (χ4v) is 4.34. The van der Waals surface area contributed by atoms with Crippen molar-refractivity contribution < 1.29 is 20.0 Å². The molecule has 0 radical (unpaired) electrons. The summed E-state index contributed by atoms with van der Waals surface area (Å²) in [5.41, 5.74) is 0. The summed E-state index contributed by atoms with van der Waals surface area (Å²) >= 11 is 2.08. The van der Waals surface area contributed by atoms with Crippen molar-refractivity contribution >= 4 is 44.8 Å². The van der Waals surface area contributed by atoms with Crippen molar-refractivity contribution in [2.24, 2.45) is 0 Å². The van der Waals surface area contributed by atoms with E-state index in [1.165, 1.54) is 3.81 Å². The SMILES string of the molecule is C[C](C)=[Ti+2].C[Si](C)(C)C1=CC[C-]=C1.C[Si](C)(C)C1=CC[C-]=C1.Cl.Cl. The van der Waals surface area contributed by atoms with E-state index in [9.17, 15) is 0 Å². The second-order valence-corrected chi connectivity index (χ2v) is 19.6. The summed E-state index contributed by atoms with van der Waals surface area (Å²) < 4.78 is 1.42. The molecule has 2 aliphatic rings. The third-order valence-electron chi connectivity index (χ3n) is 3.13. The standard InChI is InChI=1S/2C8H13Si.C3H6.2ClH.Ti/c2*1-9(2,3)8-6-4-5-7-8;1-3-2;;;/h2*6-7H,4H2,1-3H3;1-2H3;2*1H;/q2*-1;;;;+2. The van der Waals surface area contributed by atoms with Crippen molar-refractivity contribution in [3.63, 3.8) is 0 Å². The van der Waals surface area contributed by atoms with Gasteiger partial charge in [-0.1, -0.05) is 39.3 Å². The van der Waals surface area contributed by atoms with Gasteiger partial charge in [0.1, 0.15) is 0 Å². The summed E-state index contributed by atoms with van der Waals surface area (Å²) in [7, 11) is -1.96. The van der Waals surface area contributed by atoms with E-state index in [2.05, 4.69) is 110 Å². The molecule has 0 bridgehead atoms. The summed E-state index contributed by atoms with van der Waals surface area (Å²) in [5.74, 6) is 0. The molecule has 0 amide bonds. The van der Waals surface area contributed by atoms with Gasteiger partial charge < -0.3 is 0 Å². The minimum Gasteiger partial charge on any atom is -0.273 e. The summed E-state index contributed by atoms with van der Waals surface area (Å²) in [4.78, 5) is 0. The Labute approximate surface area is 176 Å². The molecule has 0 saturated carbocycles. The molecule has 0 unspecified atom stereocenters. The molecule has 0 spiro atoms. The van der Waals surface area contributed by atoms with E-state index in [4.69, 9.17) is 0 Å². The quantitative estimate of drug-likeness (QED) is 0.333. The third kappa shape index (κ3) is 14.9. The van der Waals surface area contributed by atoms with Crippen molar-refractivity contribution in [3.8, 4) is 0 Å². The van der Waals surface area contributed by atoms with E-state index < -0.39 is 16.1 Å². The van der Waals surface area contributed by atoms with Crippen molar-refractivity contribution in [3.05, 3.63) is 46.8 Å². The van der Waals surface area contributed by atoms with Crippen molar-refractivity contribution in [2.45, 2.75) is 66.0 Å². The Morgan fingerprint density at radius 1 is 0.792 bits per heavy atom. The Hall–Kier alpha value is 0.558. The molecule has 24 heavy (non-hydrogen) atoms. The van der Waals surface area contributed by atoms with E-state index in [0.717, 1.165) is 12.8 Å². The van der Waals surface area contributed by atoms with Crippen LogP contribution in [0.5, 0.6) is 0 Å². The predicted octanol–water partition coefficient (Wildman–Crippen LogP) is 6.70. The van der Waals surface area contributed by atoms with Gasteiger partial charge >= 0.3 is 37.6 Å². The molecule has 0 aliphatic heterocycles. The van der Waals surface area contributed by atoms with E-state index >= 15 is 0 Å². The predicted molar refractivity (Wildman–Crippen MR) is 119 cm³/mol. The molecule has 136 valence electrons. The molecule has 2 rings (SSSR count). The Morgan fingerprint density at radius 3 is 1.12 bits per heavy atom. The largest absolute Gasteiger partial charge is 0.273 e. The van der Waals surface area contributed by atoms with Gasteiger partial charge in [-0.25, -0.2) is 22.5 Å². The molecule has 0 heterocycles. The van der Waals surface area contributed by atoms with Crippen LogP contribution in [0, 0.1) is 12.2 Å². The zero-order chi connectivity index (χ0) is 17.4. The Kier molecular flexibility index (Phi) is 16.8. The molecule has 0 nitrogen and oxygen atoms in total. The molecule has 0 atom stereocenters. The van der Waals surface area contributed by atoms with Crippen LogP contribution in [-0.2, 0) is 20.0 Å².